The Morgan fingerprint density at radius 3 is 2.56 bits per heavy atom. The molecule has 1 aliphatic rings. The molecule has 0 atom stereocenters. The number of aromatic nitrogens is 3. The van der Waals surface area contributed by atoms with E-state index in [4.69, 9.17) is 9.47 Å². The van der Waals surface area contributed by atoms with Crippen LogP contribution in [-0.4, -0.2) is 47.1 Å². The summed E-state index contributed by atoms with van der Waals surface area (Å²) in [6.07, 6.45) is 0.303. The number of hydrazine groups is 1. The number of hydrogen-bond acceptors (Lipinski definition) is 7. The zero-order chi connectivity index (χ0) is 22.7. The Morgan fingerprint density at radius 1 is 1.06 bits per heavy atom. The van der Waals surface area contributed by atoms with Crippen molar-refractivity contribution in [3.8, 4) is 22.9 Å². The molecule has 0 radical (unpaired) electrons. The first-order valence-corrected chi connectivity index (χ1v) is 9.67. The van der Waals surface area contributed by atoms with E-state index in [2.05, 4.69) is 25.9 Å². The molecule has 11 heteroatoms. The number of carbonyl (C=O) groups is 3. The lowest BCUT2D eigenvalue weighted by Gasteiger charge is -2.27. The summed E-state index contributed by atoms with van der Waals surface area (Å²) in [6.45, 7) is 0. The fourth-order valence-electron chi connectivity index (χ4n) is 3.15. The minimum Gasteiger partial charge on any atom is -0.497 e. The van der Waals surface area contributed by atoms with E-state index in [-0.39, 0.29) is 30.6 Å². The van der Waals surface area contributed by atoms with Crippen LogP contribution in [-0.2, 0) is 9.59 Å². The van der Waals surface area contributed by atoms with Crippen LogP contribution in [0.15, 0.2) is 42.5 Å². The summed E-state index contributed by atoms with van der Waals surface area (Å²) < 4.78 is 10.6. The average Bonchev–Trinajstić information content (AvgIpc) is 3.28. The zero-order valence-corrected chi connectivity index (χ0v) is 17.3. The van der Waals surface area contributed by atoms with Gasteiger partial charge in [0.2, 0.25) is 17.8 Å². The molecule has 1 aromatic heterocycles. The molecule has 2 aromatic carbocycles. The molecular formula is C21H20N6O5. The smallest absolute Gasteiger partial charge is 0.258 e. The highest BCUT2D eigenvalue weighted by molar-refractivity contribution is 6.04. The molecule has 0 unspecified atom stereocenters. The summed E-state index contributed by atoms with van der Waals surface area (Å²) in [5, 5.41) is 10.6. The molecule has 0 spiro atoms. The standard InChI is InChI=1S/C21H20N6O5/c1-31-14-7-8-15(16(11-14)32-2)19-22-21(25-24-19)23-20(30)12-3-5-13(6-4-12)27-18(29)10-9-17(28)26-27/h3-8,11H,9-10H2,1-2H3,(H,26,28)(H2,22,23,24,25,30). The summed E-state index contributed by atoms with van der Waals surface area (Å²) in [6, 6.07) is 11.5. The molecule has 11 nitrogen and oxygen atoms in total. The monoisotopic (exact) mass is 436 g/mol. The SMILES string of the molecule is COc1ccc(-c2nc(NC(=O)c3ccc(N4NC(=O)CCC4=O)cc3)n[nH]2)c(OC)c1. The fourth-order valence-corrected chi connectivity index (χ4v) is 3.15. The maximum atomic E-state index is 12.6. The van der Waals surface area contributed by atoms with Gasteiger partial charge in [0.15, 0.2) is 5.82 Å². The third kappa shape index (κ3) is 4.21. The number of rotatable bonds is 6. The van der Waals surface area contributed by atoms with E-state index in [1.54, 1.807) is 49.6 Å². The summed E-state index contributed by atoms with van der Waals surface area (Å²) in [7, 11) is 3.09. The number of hydrogen-bond donors (Lipinski definition) is 3. The molecule has 1 saturated heterocycles. The van der Waals surface area contributed by atoms with Crippen molar-refractivity contribution in [1.29, 1.82) is 0 Å². The van der Waals surface area contributed by atoms with Crippen LogP contribution in [0.4, 0.5) is 11.6 Å². The van der Waals surface area contributed by atoms with E-state index in [0.29, 0.717) is 34.1 Å². The predicted octanol–water partition coefficient (Wildman–Crippen LogP) is 1.90. The van der Waals surface area contributed by atoms with Crippen LogP contribution < -0.4 is 25.2 Å². The highest BCUT2D eigenvalue weighted by Crippen LogP contribution is 2.31. The topological polar surface area (TPSA) is 139 Å². The van der Waals surface area contributed by atoms with E-state index in [9.17, 15) is 14.4 Å². The van der Waals surface area contributed by atoms with Gasteiger partial charge in [-0.25, -0.2) is 5.01 Å². The van der Waals surface area contributed by atoms with Gasteiger partial charge in [0.05, 0.1) is 25.5 Å². The summed E-state index contributed by atoms with van der Waals surface area (Å²) in [4.78, 5) is 40.4. The number of carbonyl (C=O) groups excluding carboxylic acids is 3. The molecule has 3 N–H and O–H groups in total. The minimum atomic E-state index is -0.433. The van der Waals surface area contributed by atoms with Gasteiger partial charge < -0.3 is 9.47 Å². The van der Waals surface area contributed by atoms with Gasteiger partial charge in [0.1, 0.15) is 11.5 Å². The van der Waals surface area contributed by atoms with Crippen molar-refractivity contribution in [3.05, 3.63) is 48.0 Å². The van der Waals surface area contributed by atoms with E-state index in [0.717, 1.165) is 0 Å². The number of benzene rings is 2. The number of amides is 3. The Labute approximate surface area is 182 Å². The minimum absolute atomic E-state index is 0.0884. The van der Waals surface area contributed by atoms with E-state index in [1.165, 1.54) is 12.1 Å². The molecule has 3 amide bonds. The Bertz CT molecular complexity index is 1170. The molecule has 0 bridgehead atoms. The van der Waals surface area contributed by atoms with Crippen molar-refractivity contribution in [1.82, 2.24) is 20.6 Å². The Morgan fingerprint density at radius 2 is 1.84 bits per heavy atom. The van der Waals surface area contributed by atoms with Gasteiger partial charge in [-0.1, -0.05) is 0 Å². The Kier molecular flexibility index (Phi) is 5.71. The van der Waals surface area contributed by atoms with Crippen molar-refractivity contribution in [2.75, 3.05) is 24.5 Å². The summed E-state index contributed by atoms with van der Waals surface area (Å²) >= 11 is 0. The molecule has 3 aromatic rings. The predicted molar refractivity (Wildman–Crippen MR) is 114 cm³/mol. The first-order chi connectivity index (χ1) is 15.5. The van der Waals surface area contributed by atoms with Crippen LogP contribution in [0.25, 0.3) is 11.4 Å². The molecule has 0 saturated carbocycles. The highest BCUT2D eigenvalue weighted by Gasteiger charge is 2.24. The number of anilines is 2. The van der Waals surface area contributed by atoms with E-state index >= 15 is 0 Å². The molecule has 1 aliphatic heterocycles. The van der Waals surface area contributed by atoms with Crippen molar-refractivity contribution >= 4 is 29.4 Å². The number of nitrogens with zero attached hydrogens (tertiary/aromatic N) is 3. The second-order valence-corrected chi connectivity index (χ2v) is 6.84. The quantitative estimate of drug-likeness (QED) is 0.536. The molecule has 1 fully saturated rings. The molecule has 4 rings (SSSR count). The second-order valence-electron chi connectivity index (χ2n) is 6.84. The average molecular weight is 436 g/mol. The molecule has 0 aliphatic carbocycles. The third-order valence-corrected chi connectivity index (χ3v) is 4.81. The number of H-pyrrole nitrogens is 1. The number of methoxy groups -OCH3 is 2. The lowest BCUT2D eigenvalue weighted by molar-refractivity contribution is -0.130. The van der Waals surface area contributed by atoms with Crippen molar-refractivity contribution in [3.63, 3.8) is 0 Å². The van der Waals surface area contributed by atoms with Crippen LogP contribution in [0.2, 0.25) is 0 Å². The number of aromatic amines is 1. The van der Waals surface area contributed by atoms with Crippen LogP contribution in [0, 0.1) is 0 Å². The maximum absolute atomic E-state index is 12.6. The van der Waals surface area contributed by atoms with Gasteiger partial charge in [0, 0.05) is 24.5 Å². The van der Waals surface area contributed by atoms with Crippen molar-refractivity contribution in [2.24, 2.45) is 0 Å². The number of ether oxygens (including phenoxy) is 2. The molecule has 32 heavy (non-hydrogen) atoms. The zero-order valence-electron chi connectivity index (χ0n) is 17.3. The largest absolute Gasteiger partial charge is 0.497 e. The summed E-state index contributed by atoms with van der Waals surface area (Å²) in [5.41, 5.74) is 3.96. The van der Waals surface area contributed by atoms with Crippen LogP contribution in [0.1, 0.15) is 23.2 Å². The lowest BCUT2D eigenvalue weighted by atomic mass is 10.1. The molecule has 164 valence electrons. The number of nitrogens with one attached hydrogen (secondary N) is 3. The Hall–Kier alpha value is -4.41. The van der Waals surface area contributed by atoms with E-state index < -0.39 is 5.91 Å². The van der Waals surface area contributed by atoms with Gasteiger partial charge >= 0.3 is 0 Å². The van der Waals surface area contributed by atoms with E-state index in [1.807, 2.05) is 0 Å². The Balaban J connectivity index is 1.47. The molecular weight excluding hydrogens is 416 g/mol. The lowest BCUT2D eigenvalue weighted by Crippen LogP contribution is -2.50. The van der Waals surface area contributed by atoms with Crippen LogP contribution in [0.3, 0.4) is 0 Å². The van der Waals surface area contributed by atoms with Gasteiger partial charge in [-0.15, -0.1) is 5.10 Å². The van der Waals surface area contributed by atoms with Crippen LogP contribution in [0.5, 0.6) is 11.5 Å². The third-order valence-electron chi connectivity index (χ3n) is 4.81. The van der Waals surface area contributed by atoms with Crippen molar-refractivity contribution in [2.45, 2.75) is 12.8 Å². The summed E-state index contributed by atoms with van der Waals surface area (Å²) in [5.74, 6) is 0.781. The maximum Gasteiger partial charge on any atom is 0.258 e. The van der Waals surface area contributed by atoms with Gasteiger partial charge in [-0.05, 0) is 36.4 Å². The first-order valence-electron chi connectivity index (χ1n) is 9.67. The van der Waals surface area contributed by atoms with Gasteiger partial charge in [-0.3, -0.25) is 30.2 Å². The highest BCUT2D eigenvalue weighted by atomic mass is 16.5. The normalized spacial score (nSPS) is 13.5. The first kappa shape index (κ1) is 20.8. The molecule has 2 heterocycles. The van der Waals surface area contributed by atoms with Gasteiger partial charge in [-0.2, -0.15) is 4.98 Å². The fraction of sp³-hybridized carbons (Fsp3) is 0.190. The second kappa shape index (κ2) is 8.76. The van der Waals surface area contributed by atoms with Gasteiger partial charge in [0.25, 0.3) is 5.91 Å². The van der Waals surface area contributed by atoms with Crippen LogP contribution >= 0.6 is 0 Å². The van der Waals surface area contributed by atoms with Crippen molar-refractivity contribution < 1.29 is 23.9 Å².